The zero-order chi connectivity index (χ0) is 21.5. The fraction of sp³-hybridized carbons (Fsp3) is 0.250. The van der Waals surface area contributed by atoms with Crippen molar-refractivity contribution in [2.75, 3.05) is 25.1 Å². The first-order chi connectivity index (χ1) is 15.8. The molecular weight excluding hydrogens is 404 g/mol. The summed E-state index contributed by atoms with van der Waals surface area (Å²) in [4.78, 5) is 2.34. The van der Waals surface area contributed by atoms with Crippen molar-refractivity contribution in [1.82, 2.24) is 25.0 Å². The van der Waals surface area contributed by atoms with Gasteiger partial charge in [-0.15, -0.1) is 15.3 Å². The molecule has 5 aromatic rings. The molecule has 1 aliphatic heterocycles. The lowest BCUT2D eigenvalue weighted by Crippen LogP contribution is -2.20. The molecule has 0 amide bonds. The normalized spacial score (nSPS) is 14.1. The van der Waals surface area contributed by atoms with Gasteiger partial charge in [0.1, 0.15) is 12.3 Å². The number of hydrogen-bond acceptors (Lipinski definition) is 7. The molecule has 1 fully saturated rings. The van der Waals surface area contributed by atoms with E-state index < -0.39 is 0 Å². The number of rotatable bonds is 5. The number of nitrogens with zero attached hydrogens (tertiary/aromatic N) is 6. The lowest BCUT2D eigenvalue weighted by molar-refractivity contribution is 0.156. The predicted molar refractivity (Wildman–Crippen MR) is 121 cm³/mol. The van der Waals surface area contributed by atoms with Crippen LogP contribution in [0.1, 0.15) is 18.6 Å². The zero-order valence-corrected chi connectivity index (χ0v) is 17.7. The van der Waals surface area contributed by atoms with Crippen LogP contribution in [0.2, 0.25) is 0 Å². The van der Waals surface area contributed by atoms with Crippen LogP contribution >= 0.6 is 0 Å². The second kappa shape index (κ2) is 7.72. The third kappa shape index (κ3) is 2.95. The number of benzene rings is 2. The Hall–Kier alpha value is -3.78. The average Bonchev–Trinajstić information content (AvgIpc) is 3.59. The van der Waals surface area contributed by atoms with Crippen molar-refractivity contribution in [3.8, 4) is 22.6 Å². The quantitative estimate of drug-likeness (QED) is 0.413. The molecule has 0 saturated carbocycles. The summed E-state index contributed by atoms with van der Waals surface area (Å²) in [5.41, 5.74) is 3.10. The maximum absolute atomic E-state index is 5.69. The fourth-order valence-electron chi connectivity index (χ4n) is 4.46. The maximum atomic E-state index is 5.69. The lowest BCUT2D eigenvalue weighted by Gasteiger charge is -2.18. The first-order valence-electron chi connectivity index (χ1n) is 10.8. The molecule has 1 saturated heterocycles. The first-order valence-corrected chi connectivity index (χ1v) is 10.8. The molecule has 160 valence electrons. The zero-order valence-electron chi connectivity index (χ0n) is 17.7. The highest BCUT2D eigenvalue weighted by molar-refractivity contribution is 6.00. The smallest absolute Gasteiger partial charge is 0.191 e. The van der Waals surface area contributed by atoms with Gasteiger partial charge in [0, 0.05) is 36.5 Å². The molecular formula is C24H22N6O2. The van der Waals surface area contributed by atoms with Gasteiger partial charge in [0.05, 0.1) is 5.56 Å². The predicted octanol–water partition coefficient (Wildman–Crippen LogP) is 4.35. The van der Waals surface area contributed by atoms with E-state index in [1.807, 2.05) is 47.0 Å². The van der Waals surface area contributed by atoms with E-state index in [2.05, 4.69) is 32.4 Å². The molecule has 6 rings (SSSR count). The molecule has 1 aliphatic rings. The highest BCUT2D eigenvalue weighted by atomic mass is 16.5. The van der Waals surface area contributed by atoms with Crippen molar-refractivity contribution < 1.29 is 9.26 Å². The topological polar surface area (TPSA) is 81.6 Å². The van der Waals surface area contributed by atoms with E-state index in [9.17, 15) is 0 Å². The van der Waals surface area contributed by atoms with Crippen molar-refractivity contribution in [3.05, 3.63) is 60.4 Å². The molecule has 0 bridgehead atoms. The molecule has 3 aromatic heterocycles. The van der Waals surface area contributed by atoms with E-state index in [1.54, 1.807) is 7.11 Å². The van der Waals surface area contributed by atoms with Crippen LogP contribution in [0.3, 0.4) is 0 Å². The van der Waals surface area contributed by atoms with Gasteiger partial charge in [-0.25, -0.2) is 0 Å². The maximum Gasteiger partial charge on any atom is 0.191 e. The standard InChI is InChI=1S/C24H22N6O2/c1-31-15-19-20(21(28-32-19)16-9-3-2-4-10-16)24-26-25-22-17-11-5-6-12-18(17)23(27-30(22)24)29-13-7-8-14-29/h2-6,9-12H,7-8,13-15H2,1H3. The van der Waals surface area contributed by atoms with Crippen molar-refractivity contribution in [2.45, 2.75) is 19.4 Å². The number of ether oxygens (including phenoxy) is 1. The monoisotopic (exact) mass is 426 g/mol. The number of hydrogen-bond donors (Lipinski definition) is 0. The molecule has 0 spiro atoms. The molecule has 0 aliphatic carbocycles. The SMILES string of the molecule is COCc1onc(-c2ccccc2)c1-c1nnc2c3ccccc3c(N3CCCC3)nn12. The number of aromatic nitrogens is 5. The molecule has 0 radical (unpaired) electrons. The second-order valence-electron chi connectivity index (χ2n) is 7.95. The summed E-state index contributed by atoms with van der Waals surface area (Å²) in [5, 5.41) is 20.6. The minimum atomic E-state index is 0.274. The molecule has 0 unspecified atom stereocenters. The van der Waals surface area contributed by atoms with E-state index >= 15 is 0 Å². The van der Waals surface area contributed by atoms with Crippen LogP contribution in [0, 0.1) is 0 Å². The minimum absolute atomic E-state index is 0.274. The van der Waals surface area contributed by atoms with Crippen LogP contribution in [0.4, 0.5) is 5.82 Å². The second-order valence-corrected chi connectivity index (χ2v) is 7.95. The van der Waals surface area contributed by atoms with Crippen LogP contribution in [0.25, 0.3) is 39.1 Å². The summed E-state index contributed by atoms with van der Waals surface area (Å²) in [6.07, 6.45) is 2.34. The van der Waals surface area contributed by atoms with Crippen molar-refractivity contribution >= 4 is 22.2 Å². The first kappa shape index (κ1) is 18.9. The van der Waals surface area contributed by atoms with Crippen molar-refractivity contribution in [3.63, 3.8) is 0 Å². The Morgan fingerprint density at radius 3 is 2.47 bits per heavy atom. The van der Waals surface area contributed by atoms with Crippen molar-refractivity contribution in [2.24, 2.45) is 0 Å². The highest BCUT2D eigenvalue weighted by Crippen LogP contribution is 2.36. The summed E-state index contributed by atoms with van der Waals surface area (Å²) in [7, 11) is 1.63. The van der Waals surface area contributed by atoms with Gasteiger partial charge >= 0.3 is 0 Å². The lowest BCUT2D eigenvalue weighted by atomic mass is 10.1. The Kier molecular flexibility index (Phi) is 4.57. The number of fused-ring (bicyclic) bond motifs is 3. The third-order valence-corrected chi connectivity index (χ3v) is 5.96. The van der Waals surface area contributed by atoms with Gasteiger partial charge in [0.15, 0.2) is 23.0 Å². The van der Waals surface area contributed by atoms with Crippen LogP contribution in [0.15, 0.2) is 59.1 Å². The Bertz CT molecular complexity index is 1400. The average molecular weight is 426 g/mol. The van der Waals surface area contributed by atoms with Crippen LogP contribution in [-0.2, 0) is 11.3 Å². The Morgan fingerprint density at radius 2 is 1.69 bits per heavy atom. The molecule has 8 nitrogen and oxygen atoms in total. The highest BCUT2D eigenvalue weighted by Gasteiger charge is 2.26. The van der Waals surface area contributed by atoms with E-state index in [4.69, 9.17) is 14.4 Å². The molecule has 2 aromatic carbocycles. The summed E-state index contributed by atoms with van der Waals surface area (Å²) in [5.74, 6) is 2.15. The summed E-state index contributed by atoms with van der Waals surface area (Å²) < 4.78 is 12.9. The van der Waals surface area contributed by atoms with Crippen molar-refractivity contribution in [1.29, 1.82) is 0 Å². The summed E-state index contributed by atoms with van der Waals surface area (Å²) >= 11 is 0. The summed E-state index contributed by atoms with van der Waals surface area (Å²) in [6.45, 7) is 2.27. The fourth-order valence-corrected chi connectivity index (χ4v) is 4.46. The van der Waals surface area contributed by atoms with Crippen LogP contribution in [0.5, 0.6) is 0 Å². The summed E-state index contributed by atoms with van der Waals surface area (Å²) in [6, 6.07) is 18.2. The Balaban J connectivity index is 1.64. The van der Waals surface area contributed by atoms with Gasteiger partial charge in [0.2, 0.25) is 0 Å². The van der Waals surface area contributed by atoms with Gasteiger partial charge in [0.25, 0.3) is 0 Å². The molecule has 0 N–H and O–H groups in total. The van der Waals surface area contributed by atoms with E-state index in [0.29, 0.717) is 22.9 Å². The van der Waals surface area contributed by atoms with E-state index in [1.165, 1.54) is 12.8 Å². The molecule has 32 heavy (non-hydrogen) atoms. The van der Waals surface area contributed by atoms with Crippen LogP contribution in [-0.4, -0.2) is 45.2 Å². The number of anilines is 1. The van der Waals surface area contributed by atoms with Gasteiger partial charge in [-0.05, 0) is 12.8 Å². The largest absolute Gasteiger partial charge is 0.377 e. The van der Waals surface area contributed by atoms with Gasteiger partial charge in [-0.3, -0.25) is 0 Å². The third-order valence-electron chi connectivity index (χ3n) is 5.96. The molecule has 8 heteroatoms. The number of methoxy groups -OCH3 is 1. The van der Waals surface area contributed by atoms with Gasteiger partial charge in [-0.2, -0.15) is 4.52 Å². The van der Waals surface area contributed by atoms with Crippen LogP contribution < -0.4 is 4.90 Å². The van der Waals surface area contributed by atoms with E-state index in [-0.39, 0.29) is 6.61 Å². The molecule has 4 heterocycles. The van der Waals surface area contributed by atoms with Gasteiger partial charge < -0.3 is 14.2 Å². The Morgan fingerprint density at radius 1 is 0.938 bits per heavy atom. The molecule has 0 atom stereocenters. The minimum Gasteiger partial charge on any atom is -0.377 e. The van der Waals surface area contributed by atoms with E-state index in [0.717, 1.165) is 40.8 Å². The van der Waals surface area contributed by atoms with Gasteiger partial charge in [-0.1, -0.05) is 59.8 Å². The Labute approximate surface area is 184 Å².